The van der Waals surface area contributed by atoms with Gasteiger partial charge in [-0.25, -0.2) is 0 Å². The van der Waals surface area contributed by atoms with Crippen molar-refractivity contribution >= 4 is 34.0 Å². The molecule has 2 aromatic carbocycles. The molecular weight excluding hydrogens is 414 g/mol. The molecule has 9 heteroatoms. The molecule has 0 fully saturated rings. The maximum Gasteiger partial charge on any atom is 0.257 e. The van der Waals surface area contributed by atoms with Crippen molar-refractivity contribution in [2.24, 2.45) is 0 Å². The fourth-order valence-corrected chi connectivity index (χ4v) is 4.23. The predicted molar refractivity (Wildman–Crippen MR) is 119 cm³/mol. The number of hydrogen-bond acceptors (Lipinski definition) is 7. The first-order valence-corrected chi connectivity index (χ1v) is 10.8. The van der Waals surface area contributed by atoms with Crippen LogP contribution in [-0.2, 0) is 16.1 Å². The highest BCUT2D eigenvalue weighted by Gasteiger charge is 2.32. The van der Waals surface area contributed by atoms with E-state index >= 15 is 0 Å². The highest BCUT2D eigenvalue weighted by atomic mass is 32.1. The van der Waals surface area contributed by atoms with Gasteiger partial charge in [-0.15, -0.1) is 10.2 Å². The molecule has 2 N–H and O–H groups in total. The minimum atomic E-state index is -0.286. The Hall–Kier alpha value is -3.30. The Morgan fingerprint density at radius 2 is 1.94 bits per heavy atom. The number of aromatic nitrogens is 2. The lowest BCUT2D eigenvalue weighted by atomic mass is 10.0. The number of carbonyl (C=O) groups excluding carboxylic acids is 2. The average molecular weight is 438 g/mol. The Bertz CT molecular complexity index is 1060. The lowest BCUT2D eigenvalue weighted by Gasteiger charge is -2.38. The fraction of sp³-hybridized carbons (Fsp3) is 0.273. The number of ether oxygens (including phenoxy) is 1. The zero-order valence-corrected chi connectivity index (χ0v) is 17.9. The van der Waals surface area contributed by atoms with Gasteiger partial charge in [0.1, 0.15) is 17.8 Å². The first-order chi connectivity index (χ1) is 15.2. The van der Waals surface area contributed by atoms with Crippen LogP contribution in [0.5, 0.6) is 0 Å². The Labute approximate surface area is 184 Å². The highest BCUT2D eigenvalue weighted by molar-refractivity contribution is 7.15. The number of amides is 2. The third-order valence-corrected chi connectivity index (χ3v) is 5.73. The molecule has 1 unspecified atom stereocenters. The van der Waals surface area contributed by atoms with E-state index in [0.717, 1.165) is 11.3 Å². The first-order valence-electron chi connectivity index (χ1n) is 9.98. The Morgan fingerprint density at radius 1 is 1.16 bits per heavy atom. The molecular formula is C22H23N5O3S. The number of fused-ring (bicyclic) bond motifs is 1. The van der Waals surface area contributed by atoms with Crippen LogP contribution in [0.15, 0.2) is 54.6 Å². The molecule has 0 saturated heterocycles. The summed E-state index contributed by atoms with van der Waals surface area (Å²) < 4.78 is 5.01. The minimum absolute atomic E-state index is 0.0445. The molecule has 2 amide bonds. The molecule has 4 rings (SSSR count). The van der Waals surface area contributed by atoms with E-state index in [1.165, 1.54) is 11.3 Å². The summed E-state index contributed by atoms with van der Waals surface area (Å²) in [4.78, 5) is 27.3. The SMILES string of the molecule is COCc1nnc(NC(=O)CCCN2C(=O)c3ccccc3NC2c2ccccc2)s1. The van der Waals surface area contributed by atoms with Gasteiger partial charge >= 0.3 is 0 Å². The number of rotatable bonds is 8. The molecule has 1 aliphatic heterocycles. The quantitative estimate of drug-likeness (QED) is 0.558. The third-order valence-electron chi connectivity index (χ3n) is 4.92. The van der Waals surface area contributed by atoms with Crippen LogP contribution in [-0.4, -0.2) is 40.6 Å². The van der Waals surface area contributed by atoms with E-state index in [0.29, 0.717) is 35.3 Å². The molecule has 1 atom stereocenters. The Balaban J connectivity index is 1.41. The van der Waals surface area contributed by atoms with Crippen molar-refractivity contribution < 1.29 is 14.3 Å². The number of para-hydroxylation sites is 1. The van der Waals surface area contributed by atoms with Gasteiger partial charge in [0.25, 0.3) is 5.91 Å². The van der Waals surface area contributed by atoms with Gasteiger partial charge in [0.05, 0.1) is 5.56 Å². The van der Waals surface area contributed by atoms with Gasteiger partial charge in [-0.3, -0.25) is 9.59 Å². The smallest absolute Gasteiger partial charge is 0.257 e. The van der Waals surface area contributed by atoms with Gasteiger partial charge in [0.15, 0.2) is 0 Å². The van der Waals surface area contributed by atoms with Crippen LogP contribution < -0.4 is 10.6 Å². The molecule has 0 saturated carbocycles. The summed E-state index contributed by atoms with van der Waals surface area (Å²) in [7, 11) is 1.58. The number of carbonyl (C=O) groups is 2. The average Bonchev–Trinajstić information content (AvgIpc) is 3.22. The second kappa shape index (κ2) is 9.67. The van der Waals surface area contributed by atoms with Crippen LogP contribution in [0.25, 0.3) is 0 Å². The van der Waals surface area contributed by atoms with Crippen molar-refractivity contribution in [2.75, 3.05) is 24.3 Å². The summed E-state index contributed by atoms with van der Waals surface area (Å²) in [5, 5.41) is 15.3. The van der Waals surface area contributed by atoms with E-state index in [4.69, 9.17) is 4.74 Å². The van der Waals surface area contributed by atoms with E-state index in [-0.39, 0.29) is 24.4 Å². The summed E-state index contributed by atoms with van der Waals surface area (Å²) in [6.07, 6.45) is 0.507. The van der Waals surface area contributed by atoms with E-state index < -0.39 is 0 Å². The van der Waals surface area contributed by atoms with E-state index in [9.17, 15) is 9.59 Å². The zero-order chi connectivity index (χ0) is 21.6. The van der Waals surface area contributed by atoms with Gasteiger partial charge in [-0.05, 0) is 24.1 Å². The van der Waals surface area contributed by atoms with Crippen LogP contribution in [0.2, 0.25) is 0 Å². The van der Waals surface area contributed by atoms with Crippen molar-refractivity contribution in [1.82, 2.24) is 15.1 Å². The normalized spacial score (nSPS) is 15.3. The van der Waals surface area contributed by atoms with Crippen LogP contribution in [0.4, 0.5) is 10.8 Å². The van der Waals surface area contributed by atoms with Crippen LogP contribution in [0.3, 0.4) is 0 Å². The fourth-order valence-electron chi connectivity index (χ4n) is 3.50. The zero-order valence-electron chi connectivity index (χ0n) is 17.1. The van der Waals surface area contributed by atoms with Gasteiger partial charge in [-0.1, -0.05) is 53.8 Å². The molecule has 1 aliphatic rings. The maximum absolute atomic E-state index is 13.2. The van der Waals surface area contributed by atoms with E-state index in [1.54, 1.807) is 12.0 Å². The van der Waals surface area contributed by atoms with E-state index in [1.807, 2.05) is 54.6 Å². The van der Waals surface area contributed by atoms with Crippen LogP contribution in [0, 0.1) is 0 Å². The van der Waals surface area contributed by atoms with Crippen molar-refractivity contribution in [2.45, 2.75) is 25.6 Å². The van der Waals surface area contributed by atoms with Crippen LogP contribution >= 0.6 is 11.3 Å². The molecule has 0 aliphatic carbocycles. The molecule has 0 spiro atoms. The number of benzene rings is 2. The lowest BCUT2D eigenvalue weighted by Crippen LogP contribution is -2.43. The van der Waals surface area contributed by atoms with E-state index in [2.05, 4.69) is 20.8 Å². The van der Waals surface area contributed by atoms with Crippen molar-refractivity contribution in [3.8, 4) is 0 Å². The number of nitrogens with one attached hydrogen (secondary N) is 2. The summed E-state index contributed by atoms with van der Waals surface area (Å²) in [6, 6.07) is 17.3. The molecule has 8 nitrogen and oxygen atoms in total. The number of hydrogen-bond donors (Lipinski definition) is 2. The predicted octanol–water partition coefficient (Wildman–Crippen LogP) is 3.67. The molecule has 160 valence electrons. The second-order valence-electron chi connectivity index (χ2n) is 7.09. The van der Waals surface area contributed by atoms with Crippen molar-refractivity contribution in [3.63, 3.8) is 0 Å². The molecule has 31 heavy (non-hydrogen) atoms. The second-order valence-corrected chi connectivity index (χ2v) is 8.15. The number of nitrogens with zero attached hydrogens (tertiary/aromatic N) is 3. The Kier molecular flexibility index (Phi) is 6.54. The van der Waals surface area contributed by atoms with Gasteiger partial charge in [0, 0.05) is 25.8 Å². The summed E-state index contributed by atoms with van der Waals surface area (Å²) >= 11 is 1.28. The first kappa shape index (κ1) is 21.0. The van der Waals surface area contributed by atoms with Crippen molar-refractivity contribution in [3.05, 3.63) is 70.7 Å². The standard InChI is InChI=1S/C22H23N5O3S/c1-30-14-19-25-26-22(31-19)24-18(28)12-7-13-27-20(15-8-3-2-4-9-15)23-17-11-6-5-10-16(17)21(27)29/h2-6,8-11,20,23H,7,12-14H2,1H3,(H,24,26,28). The highest BCUT2D eigenvalue weighted by Crippen LogP contribution is 2.33. The molecule has 3 aromatic rings. The summed E-state index contributed by atoms with van der Waals surface area (Å²) in [6.45, 7) is 0.804. The molecule has 1 aromatic heterocycles. The van der Waals surface area contributed by atoms with Gasteiger partial charge in [0.2, 0.25) is 11.0 Å². The molecule has 2 heterocycles. The monoisotopic (exact) mass is 437 g/mol. The largest absolute Gasteiger partial charge is 0.377 e. The van der Waals surface area contributed by atoms with Gasteiger partial charge < -0.3 is 20.3 Å². The number of anilines is 2. The van der Waals surface area contributed by atoms with Gasteiger partial charge in [-0.2, -0.15) is 0 Å². The third kappa shape index (κ3) is 4.89. The maximum atomic E-state index is 13.2. The summed E-state index contributed by atoms with van der Waals surface area (Å²) in [5.74, 6) is -0.203. The summed E-state index contributed by atoms with van der Waals surface area (Å²) in [5.41, 5.74) is 2.45. The van der Waals surface area contributed by atoms with Crippen molar-refractivity contribution in [1.29, 1.82) is 0 Å². The number of methoxy groups -OCH3 is 1. The minimum Gasteiger partial charge on any atom is -0.377 e. The Morgan fingerprint density at radius 3 is 2.74 bits per heavy atom. The lowest BCUT2D eigenvalue weighted by molar-refractivity contribution is -0.116. The molecule has 0 radical (unpaired) electrons. The topological polar surface area (TPSA) is 96.5 Å². The molecule has 0 bridgehead atoms. The van der Waals surface area contributed by atoms with Crippen LogP contribution in [0.1, 0.15) is 39.9 Å².